The summed E-state index contributed by atoms with van der Waals surface area (Å²) in [6.45, 7) is 0. The lowest BCUT2D eigenvalue weighted by Gasteiger charge is -2.09. The molecular formula is C20H17ClN4O4S2. The molecule has 3 aromatic rings. The summed E-state index contributed by atoms with van der Waals surface area (Å²) >= 11 is 7.41. The standard InChI is InChI=1S/C20H17ClN4O4S2/c1-30-17-8-2-14(3-9-17)13-22-23-19-11-10-18(12-20(19)25(26)27)31(28,29)24-16-6-4-15(21)5-7-16/h2-13,23-24H,1H3. The molecule has 0 aliphatic rings. The molecule has 0 atom stereocenters. The second-order valence-corrected chi connectivity index (χ2v) is 9.19. The van der Waals surface area contributed by atoms with Crippen LogP contribution in [0.2, 0.25) is 5.02 Å². The Kier molecular flexibility index (Phi) is 7.16. The molecule has 0 heterocycles. The summed E-state index contributed by atoms with van der Waals surface area (Å²) in [5.41, 5.74) is 3.33. The highest BCUT2D eigenvalue weighted by Crippen LogP contribution is 2.29. The number of halogens is 1. The van der Waals surface area contributed by atoms with E-state index in [2.05, 4.69) is 15.2 Å². The van der Waals surface area contributed by atoms with Crippen LogP contribution in [0, 0.1) is 10.1 Å². The van der Waals surface area contributed by atoms with Gasteiger partial charge in [-0.25, -0.2) is 8.42 Å². The SMILES string of the molecule is CSc1ccc(C=NNc2ccc(S(=O)(=O)Nc3ccc(Cl)cc3)cc2[N+](=O)[O-])cc1. The molecule has 2 N–H and O–H groups in total. The number of hydrazone groups is 1. The fraction of sp³-hybridized carbons (Fsp3) is 0.0500. The number of nitro groups is 1. The van der Waals surface area contributed by atoms with Gasteiger partial charge in [-0.2, -0.15) is 5.10 Å². The van der Waals surface area contributed by atoms with Crippen LogP contribution in [0.3, 0.4) is 0 Å². The van der Waals surface area contributed by atoms with E-state index in [1.54, 1.807) is 11.8 Å². The van der Waals surface area contributed by atoms with Gasteiger partial charge in [-0.3, -0.25) is 20.3 Å². The zero-order valence-corrected chi connectivity index (χ0v) is 18.5. The zero-order valence-electron chi connectivity index (χ0n) is 16.2. The first-order chi connectivity index (χ1) is 14.8. The van der Waals surface area contributed by atoms with Crippen molar-refractivity contribution in [3.05, 3.63) is 87.4 Å². The van der Waals surface area contributed by atoms with E-state index < -0.39 is 20.6 Å². The number of rotatable bonds is 8. The highest BCUT2D eigenvalue weighted by Gasteiger charge is 2.21. The molecule has 0 aromatic heterocycles. The van der Waals surface area contributed by atoms with Gasteiger partial charge in [-0.15, -0.1) is 11.8 Å². The lowest BCUT2D eigenvalue weighted by atomic mass is 10.2. The number of sulfonamides is 1. The molecule has 0 amide bonds. The maximum absolute atomic E-state index is 12.6. The number of benzene rings is 3. The molecule has 31 heavy (non-hydrogen) atoms. The summed E-state index contributed by atoms with van der Waals surface area (Å²) in [6, 6.07) is 17.2. The Labute approximate surface area is 188 Å². The van der Waals surface area contributed by atoms with Crippen LogP contribution < -0.4 is 10.1 Å². The third-order valence-corrected chi connectivity index (χ3v) is 6.46. The van der Waals surface area contributed by atoms with E-state index in [0.29, 0.717) is 5.02 Å². The molecule has 3 rings (SSSR count). The Balaban J connectivity index is 1.80. The first-order valence-corrected chi connectivity index (χ1v) is 11.9. The molecule has 0 radical (unpaired) electrons. The smallest absolute Gasteiger partial charge is 0.280 e. The molecule has 0 bridgehead atoms. The fourth-order valence-corrected chi connectivity index (χ4v) is 4.13. The Bertz CT molecular complexity index is 1210. The number of hydrogen-bond donors (Lipinski definition) is 2. The fourth-order valence-electron chi connectivity index (χ4n) is 2.52. The quantitative estimate of drug-likeness (QED) is 0.199. The Morgan fingerprint density at radius 1 is 1.06 bits per heavy atom. The number of nitrogens with one attached hydrogen (secondary N) is 2. The minimum Gasteiger partial charge on any atom is -0.280 e. The van der Waals surface area contributed by atoms with E-state index in [1.165, 1.54) is 42.6 Å². The lowest BCUT2D eigenvalue weighted by molar-refractivity contribution is -0.384. The molecule has 11 heteroatoms. The van der Waals surface area contributed by atoms with Gasteiger partial charge >= 0.3 is 0 Å². The van der Waals surface area contributed by atoms with E-state index in [1.807, 2.05) is 30.5 Å². The topological polar surface area (TPSA) is 114 Å². The van der Waals surface area contributed by atoms with Gasteiger partial charge in [0.2, 0.25) is 0 Å². The minimum absolute atomic E-state index is 0.0624. The summed E-state index contributed by atoms with van der Waals surface area (Å²) in [5.74, 6) is 0. The van der Waals surface area contributed by atoms with Gasteiger partial charge < -0.3 is 0 Å². The number of nitro benzene ring substituents is 1. The van der Waals surface area contributed by atoms with Crippen LogP contribution in [-0.2, 0) is 10.0 Å². The Hall–Kier alpha value is -3.08. The highest BCUT2D eigenvalue weighted by molar-refractivity contribution is 7.98. The summed E-state index contributed by atoms with van der Waals surface area (Å²) in [6.07, 6.45) is 3.49. The molecule has 0 aliphatic heterocycles. The Morgan fingerprint density at radius 2 is 1.74 bits per heavy atom. The predicted molar refractivity (Wildman–Crippen MR) is 125 cm³/mol. The molecule has 0 unspecified atom stereocenters. The summed E-state index contributed by atoms with van der Waals surface area (Å²) in [7, 11) is -4.03. The largest absolute Gasteiger partial charge is 0.295 e. The van der Waals surface area contributed by atoms with Crippen molar-refractivity contribution in [3.63, 3.8) is 0 Å². The van der Waals surface area contributed by atoms with Crippen molar-refractivity contribution in [1.29, 1.82) is 0 Å². The van der Waals surface area contributed by atoms with Crippen LogP contribution in [0.5, 0.6) is 0 Å². The van der Waals surface area contributed by atoms with Crippen molar-refractivity contribution >= 4 is 56.7 Å². The summed E-state index contributed by atoms with van der Waals surface area (Å²) < 4.78 is 27.6. The van der Waals surface area contributed by atoms with Crippen molar-refractivity contribution in [2.75, 3.05) is 16.4 Å². The van der Waals surface area contributed by atoms with Gasteiger partial charge in [0.1, 0.15) is 5.69 Å². The van der Waals surface area contributed by atoms with Crippen LogP contribution in [0.15, 0.2) is 81.6 Å². The number of hydrogen-bond acceptors (Lipinski definition) is 7. The summed E-state index contributed by atoms with van der Waals surface area (Å²) in [5, 5.41) is 15.9. The average molecular weight is 477 g/mol. The van der Waals surface area contributed by atoms with Crippen molar-refractivity contribution in [3.8, 4) is 0 Å². The van der Waals surface area contributed by atoms with Gasteiger partial charge in [0.05, 0.1) is 16.0 Å². The van der Waals surface area contributed by atoms with Crippen molar-refractivity contribution < 1.29 is 13.3 Å². The second kappa shape index (κ2) is 9.82. The van der Waals surface area contributed by atoms with Crippen LogP contribution in [0.25, 0.3) is 0 Å². The third-order valence-electron chi connectivity index (χ3n) is 4.09. The molecule has 8 nitrogen and oxygen atoms in total. The van der Waals surface area contributed by atoms with Crippen molar-refractivity contribution in [2.24, 2.45) is 5.10 Å². The maximum atomic E-state index is 12.6. The third kappa shape index (κ3) is 5.97. The van der Waals surface area contributed by atoms with Crippen molar-refractivity contribution in [1.82, 2.24) is 0 Å². The normalized spacial score (nSPS) is 11.4. The van der Waals surface area contributed by atoms with Gasteiger partial charge in [0, 0.05) is 21.7 Å². The number of nitrogens with zero attached hydrogens (tertiary/aromatic N) is 2. The molecular weight excluding hydrogens is 460 g/mol. The number of thioether (sulfide) groups is 1. The van der Waals surface area contributed by atoms with Crippen molar-refractivity contribution in [2.45, 2.75) is 9.79 Å². The van der Waals surface area contributed by atoms with E-state index >= 15 is 0 Å². The first-order valence-electron chi connectivity index (χ1n) is 8.78. The molecule has 0 saturated carbocycles. The van der Waals surface area contributed by atoms with Crippen LogP contribution >= 0.6 is 23.4 Å². The molecule has 0 spiro atoms. The monoisotopic (exact) mass is 476 g/mol. The molecule has 160 valence electrons. The van der Waals surface area contributed by atoms with Crippen LogP contribution in [-0.4, -0.2) is 25.8 Å². The van der Waals surface area contributed by atoms with Gasteiger partial charge in [-0.1, -0.05) is 23.7 Å². The first kappa shape index (κ1) is 22.6. The van der Waals surface area contributed by atoms with E-state index in [9.17, 15) is 18.5 Å². The molecule has 0 aliphatic carbocycles. The van der Waals surface area contributed by atoms with Crippen LogP contribution in [0.4, 0.5) is 17.1 Å². The predicted octanol–water partition coefficient (Wildman–Crippen LogP) is 5.22. The van der Waals surface area contributed by atoms with E-state index in [0.717, 1.165) is 16.5 Å². The lowest BCUT2D eigenvalue weighted by Crippen LogP contribution is -2.13. The highest BCUT2D eigenvalue weighted by atomic mass is 35.5. The van der Waals surface area contributed by atoms with E-state index in [-0.39, 0.29) is 16.3 Å². The van der Waals surface area contributed by atoms with Gasteiger partial charge in [0.25, 0.3) is 15.7 Å². The molecule has 0 fully saturated rings. The Morgan fingerprint density at radius 3 is 2.35 bits per heavy atom. The maximum Gasteiger partial charge on any atom is 0.295 e. The summed E-state index contributed by atoms with van der Waals surface area (Å²) in [4.78, 5) is 11.7. The minimum atomic E-state index is -4.03. The van der Waals surface area contributed by atoms with Gasteiger partial charge in [0.15, 0.2) is 0 Å². The average Bonchev–Trinajstić information content (AvgIpc) is 2.75. The molecule has 3 aromatic carbocycles. The van der Waals surface area contributed by atoms with Crippen LogP contribution in [0.1, 0.15) is 5.56 Å². The zero-order chi connectivity index (χ0) is 22.4. The van der Waals surface area contributed by atoms with E-state index in [4.69, 9.17) is 11.6 Å². The second-order valence-electron chi connectivity index (χ2n) is 6.19. The number of anilines is 2. The van der Waals surface area contributed by atoms with Gasteiger partial charge in [-0.05, 0) is 60.4 Å². The molecule has 0 saturated heterocycles.